The number of hydroxylamine groups is 2. The molecule has 1 N–H and O–H groups in total. The maximum atomic E-state index is 12.3. The Morgan fingerprint density at radius 2 is 2.05 bits per heavy atom. The Bertz CT molecular complexity index is 529. The van der Waals surface area contributed by atoms with Crippen LogP contribution in [0.2, 0.25) is 0 Å². The lowest BCUT2D eigenvalue weighted by Crippen LogP contribution is -2.33. The predicted molar refractivity (Wildman–Crippen MR) is 81.7 cm³/mol. The van der Waals surface area contributed by atoms with Crippen molar-refractivity contribution < 1.29 is 14.7 Å². The zero-order valence-corrected chi connectivity index (χ0v) is 12.1. The largest absolute Gasteiger partial charge is 0.508 e. The lowest BCUT2D eigenvalue weighted by molar-refractivity contribution is -0.191. The van der Waals surface area contributed by atoms with Crippen molar-refractivity contribution in [2.24, 2.45) is 5.92 Å². The summed E-state index contributed by atoms with van der Waals surface area (Å²) in [5, 5.41) is 11.0. The lowest BCUT2D eigenvalue weighted by atomic mass is 9.84. The molecule has 1 unspecified atom stereocenters. The number of phenols is 1. The Morgan fingerprint density at radius 1 is 1.33 bits per heavy atom. The van der Waals surface area contributed by atoms with Crippen molar-refractivity contribution in [3.05, 3.63) is 54.6 Å². The third-order valence-corrected chi connectivity index (χ3v) is 3.64. The minimum absolute atomic E-state index is 0.140. The molecule has 1 aromatic carbocycles. The molecule has 0 spiro atoms. The van der Waals surface area contributed by atoms with E-state index in [0.29, 0.717) is 19.5 Å². The van der Waals surface area contributed by atoms with Crippen LogP contribution >= 0.6 is 0 Å². The number of rotatable bonds is 6. The van der Waals surface area contributed by atoms with Gasteiger partial charge in [-0.25, -0.2) is 0 Å². The van der Waals surface area contributed by atoms with E-state index in [0.717, 1.165) is 24.0 Å². The van der Waals surface area contributed by atoms with Crippen LogP contribution < -0.4 is 0 Å². The van der Waals surface area contributed by atoms with E-state index in [2.05, 4.69) is 13.2 Å². The Kier molecular flexibility index (Phi) is 5.17. The van der Waals surface area contributed by atoms with E-state index in [-0.39, 0.29) is 17.6 Å². The second-order valence-corrected chi connectivity index (χ2v) is 5.23. The molecule has 0 saturated carbocycles. The van der Waals surface area contributed by atoms with E-state index < -0.39 is 0 Å². The summed E-state index contributed by atoms with van der Waals surface area (Å²) in [5.74, 6) is -0.0745. The van der Waals surface area contributed by atoms with Crippen LogP contribution in [0.5, 0.6) is 5.75 Å². The van der Waals surface area contributed by atoms with Crippen LogP contribution in [-0.4, -0.2) is 29.2 Å². The topological polar surface area (TPSA) is 49.8 Å². The monoisotopic (exact) mass is 287 g/mol. The Hall–Kier alpha value is -2.07. The van der Waals surface area contributed by atoms with Crippen molar-refractivity contribution in [2.75, 3.05) is 13.1 Å². The summed E-state index contributed by atoms with van der Waals surface area (Å²) in [4.78, 5) is 17.7. The van der Waals surface area contributed by atoms with E-state index in [1.54, 1.807) is 29.3 Å². The van der Waals surface area contributed by atoms with Crippen LogP contribution in [0.1, 0.15) is 17.5 Å². The molecular formula is C17H21NO3. The molecule has 1 aliphatic rings. The van der Waals surface area contributed by atoms with Gasteiger partial charge >= 0.3 is 5.97 Å². The first-order chi connectivity index (χ1) is 10.1. The molecule has 0 heterocycles. The fraction of sp³-hybridized carbons (Fsp3) is 0.353. The van der Waals surface area contributed by atoms with E-state index in [1.165, 1.54) is 0 Å². The van der Waals surface area contributed by atoms with E-state index in [9.17, 15) is 9.90 Å². The summed E-state index contributed by atoms with van der Waals surface area (Å²) in [5.41, 5.74) is 2.23. The van der Waals surface area contributed by atoms with Gasteiger partial charge in [-0.1, -0.05) is 18.2 Å². The van der Waals surface area contributed by atoms with Gasteiger partial charge in [-0.3, -0.25) is 4.79 Å². The number of fused-ring (bicyclic) bond motifs is 1. The van der Waals surface area contributed by atoms with Crippen molar-refractivity contribution in [2.45, 2.75) is 19.3 Å². The first kappa shape index (κ1) is 15.3. The van der Waals surface area contributed by atoms with Crippen molar-refractivity contribution in [3.8, 4) is 5.75 Å². The molecule has 21 heavy (non-hydrogen) atoms. The zero-order valence-electron chi connectivity index (χ0n) is 12.1. The van der Waals surface area contributed by atoms with Crippen LogP contribution in [-0.2, 0) is 22.5 Å². The number of aromatic hydroxyl groups is 1. The van der Waals surface area contributed by atoms with Gasteiger partial charge in [0, 0.05) is 0 Å². The highest BCUT2D eigenvalue weighted by Crippen LogP contribution is 2.29. The molecule has 4 nitrogen and oxygen atoms in total. The number of aryl methyl sites for hydroxylation is 1. The summed E-state index contributed by atoms with van der Waals surface area (Å²) in [6.45, 7) is 8.26. The third-order valence-electron chi connectivity index (χ3n) is 3.64. The quantitative estimate of drug-likeness (QED) is 0.645. The Morgan fingerprint density at radius 3 is 2.71 bits per heavy atom. The van der Waals surface area contributed by atoms with Crippen molar-refractivity contribution in [3.63, 3.8) is 0 Å². The van der Waals surface area contributed by atoms with Gasteiger partial charge in [0.15, 0.2) is 0 Å². The fourth-order valence-corrected chi connectivity index (χ4v) is 2.58. The highest BCUT2D eigenvalue weighted by Gasteiger charge is 2.27. The number of phenolic OH excluding ortho intramolecular Hbond substituents is 1. The first-order valence-corrected chi connectivity index (χ1v) is 7.13. The highest BCUT2D eigenvalue weighted by molar-refractivity contribution is 5.73. The minimum atomic E-state index is -0.211. The van der Waals surface area contributed by atoms with Gasteiger partial charge in [0.2, 0.25) is 0 Å². The van der Waals surface area contributed by atoms with Gasteiger partial charge in [0.1, 0.15) is 5.75 Å². The summed E-state index contributed by atoms with van der Waals surface area (Å²) >= 11 is 0. The van der Waals surface area contributed by atoms with Gasteiger partial charge in [-0.05, 0) is 42.5 Å². The minimum Gasteiger partial charge on any atom is -0.508 e. The Labute approximate surface area is 125 Å². The fourth-order valence-electron chi connectivity index (χ4n) is 2.58. The Balaban J connectivity index is 1.99. The maximum Gasteiger partial charge on any atom is 0.328 e. The molecule has 0 radical (unpaired) electrons. The molecule has 112 valence electrons. The normalized spacial score (nSPS) is 17.1. The van der Waals surface area contributed by atoms with E-state index >= 15 is 0 Å². The average Bonchev–Trinajstić information content (AvgIpc) is 2.47. The summed E-state index contributed by atoms with van der Waals surface area (Å²) < 4.78 is 0. The number of hydrogen-bond acceptors (Lipinski definition) is 4. The number of carbonyl (C=O) groups excluding carboxylic acids is 1. The van der Waals surface area contributed by atoms with Gasteiger partial charge < -0.3 is 9.94 Å². The van der Waals surface area contributed by atoms with Crippen LogP contribution in [0.4, 0.5) is 0 Å². The highest BCUT2D eigenvalue weighted by atomic mass is 16.7. The SMILES string of the molecule is C=CCN(CC=C)OC(=O)C1CCc2cc(O)ccc2C1. The van der Waals surface area contributed by atoms with Crippen molar-refractivity contribution in [1.82, 2.24) is 5.06 Å². The number of benzene rings is 1. The summed E-state index contributed by atoms with van der Waals surface area (Å²) in [6.07, 6.45) is 5.56. The van der Waals surface area contributed by atoms with E-state index in [4.69, 9.17) is 4.84 Å². The molecule has 2 rings (SSSR count). The van der Waals surface area contributed by atoms with Crippen molar-refractivity contribution >= 4 is 5.97 Å². The van der Waals surface area contributed by atoms with Gasteiger partial charge in [0.05, 0.1) is 19.0 Å². The van der Waals surface area contributed by atoms with Gasteiger partial charge in [0.25, 0.3) is 0 Å². The molecule has 0 aromatic heterocycles. The number of carbonyl (C=O) groups is 1. The first-order valence-electron chi connectivity index (χ1n) is 7.13. The van der Waals surface area contributed by atoms with Crippen molar-refractivity contribution in [1.29, 1.82) is 0 Å². The smallest absolute Gasteiger partial charge is 0.328 e. The second-order valence-electron chi connectivity index (χ2n) is 5.23. The summed E-state index contributed by atoms with van der Waals surface area (Å²) in [6, 6.07) is 5.32. The van der Waals surface area contributed by atoms with Crippen LogP contribution in [0.25, 0.3) is 0 Å². The molecular weight excluding hydrogens is 266 g/mol. The number of hydrogen-bond donors (Lipinski definition) is 1. The van der Waals surface area contributed by atoms with Crippen LogP contribution in [0.3, 0.4) is 0 Å². The predicted octanol–water partition coefficient (Wildman–Crippen LogP) is 2.63. The van der Waals surface area contributed by atoms with Gasteiger partial charge in [-0.2, -0.15) is 0 Å². The molecule has 0 fully saturated rings. The van der Waals surface area contributed by atoms with Crippen LogP contribution in [0.15, 0.2) is 43.5 Å². The molecule has 0 amide bonds. The molecule has 1 atom stereocenters. The summed E-state index contributed by atoms with van der Waals surface area (Å²) in [7, 11) is 0. The molecule has 0 bridgehead atoms. The standard InChI is InChI=1S/C17H21NO3/c1-3-9-18(10-4-2)21-17(20)15-6-5-14-12-16(19)8-7-13(14)11-15/h3-4,7-8,12,15,19H,1-2,5-6,9-11H2. The molecule has 0 saturated heterocycles. The third kappa shape index (κ3) is 3.95. The van der Waals surface area contributed by atoms with Gasteiger partial charge in [-0.15, -0.1) is 18.2 Å². The maximum absolute atomic E-state index is 12.3. The average molecular weight is 287 g/mol. The molecule has 4 heteroatoms. The zero-order chi connectivity index (χ0) is 15.2. The molecule has 1 aliphatic carbocycles. The van der Waals surface area contributed by atoms with E-state index in [1.807, 2.05) is 6.07 Å². The molecule has 0 aliphatic heterocycles. The number of nitrogens with zero attached hydrogens (tertiary/aromatic N) is 1. The van der Waals surface area contributed by atoms with Crippen LogP contribution in [0, 0.1) is 5.92 Å². The lowest BCUT2D eigenvalue weighted by Gasteiger charge is -2.26. The molecule has 1 aromatic rings. The second kappa shape index (κ2) is 7.09.